The van der Waals surface area contributed by atoms with Gasteiger partial charge in [0.25, 0.3) is 5.91 Å². The van der Waals surface area contributed by atoms with E-state index in [4.69, 9.17) is 23.2 Å². The van der Waals surface area contributed by atoms with E-state index in [0.29, 0.717) is 0 Å². The molecule has 4 rings (SSSR count). The highest BCUT2D eigenvalue weighted by molar-refractivity contribution is 6.31. The molecule has 0 aromatic heterocycles. The number of aliphatic hydroxyl groups is 2. The van der Waals surface area contributed by atoms with Crippen LogP contribution in [0.25, 0.3) is 0 Å². The lowest BCUT2D eigenvalue weighted by Gasteiger charge is -2.34. The van der Waals surface area contributed by atoms with E-state index in [0.717, 1.165) is 11.6 Å². The average Bonchev–Trinajstić information content (AvgIpc) is 3.22. The van der Waals surface area contributed by atoms with Gasteiger partial charge >= 0.3 is 0 Å². The number of amides is 2. The summed E-state index contributed by atoms with van der Waals surface area (Å²) in [7, 11) is 0. The first-order valence-corrected chi connectivity index (χ1v) is 14.0. The lowest BCUT2D eigenvalue weighted by atomic mass is 9.65. The number of aryl methyl sites for hydroxylation is 1. The van der Waals surface area contributed by atoms with Gasteiger partial charge in [-0.05, 0) is 56.2 Å². The van der Waals surface area contributed by atoms with Crippen molar-refractivity contribution < 1.29 is 28.6 Å². The van der Waals surface area contributed by atoms with Crippen molar-refractivity contribution in [2.75, 3.05) is 13.2 Å². The van der Waals surface area contributed by atoms with Crippen molar-refractivity contribution in [3.05, 3.63) is 105 Å². The van der Waals surface area contributed by atoms with Crippen LogP contribution in [-0.4, -0.2) is 58.3 Å². The molecule has 1 heterocycles. The van der Waals surface area contributed by atoms with Gasteiger partial charge in [-0.2, -0.15) is 5.26 Å². The molecule has 0 saturated carbocycles. The minimum Gasteiger partial charge on any atom is -0.394 e. The highest BCUT2D eigenvalue weighted by Crippen LogP contribution is 2.54. The van der Waals surface area contributed by atoms with Crippen LogP contribution in [0.2, 0.25) is 10.0 Å². The zero-order chi connectivity index (χ0) is 30.8. The van der Waals surface area contributed by atoms with Gasteiger partial charge in [0, 0.05) is 28.6 Å². The van der Waals surface area contributed by atoms with Crippen LogP contribution in [-0.2, 0) is 10.2 Å². The van der Waals surface area contributed by atoms with Crippen molar-refractivity contribution >= 4 is 35.0 Å². The molecule has 220 valence electrons. The van der Waals surface area contributed by atoms with E-state index in [9.17, 15) is 25.1 Å². The normalized spacial score (nSPS) is 22.5. The second-order valence-electron chi connectivity index (χ2n) is 10.3. The first kappa shape index (κ1) is 31.4. The molecule has 3 aromatic rings. The molecule has 5 atom stereocenters. The molecule has 1 aliphatic heterocycles. The maximum atomic E-state index is 15.8. The van der Waals surface area contributed by atoms with Gasteiger partial charge in [0.05, 0.1) is 29.8 Å². The molecule has 0 bridgehead atoms. The van der Waals surface area contributed by atoms with Crippen LogP contribution in [0.1, 0.15) is 46.3 Å². The fraction of sp³-hybridized carbons (Fsp3) is 0.323. The molecule has 0 radical (unpaired) electrons. The summed E-state index contributed by atoms with van der Waals surface area (Å²) in [5.41, 5.74) is -1.32. The zero-order valence-corrected chi connectivity index (χ0v) is 24.3. The van der Waals surface area contributed by atoms with Crippen LogP contribution < -0.4 is 5.32 Å². The molecule has 0 spiro atoms. The molecular formula is C31H29Cl2F2N3O4. The lowest BCUT2D eigenvalue weighted by molar-refractivity contribution is -0.125. The molecule has 3 aromatic carbocycles. The topological polar surface area (TPSA) is 114 Å². The first-order valence-electron chi connectivity index (χ1n) is 13.2. The number of likely N-dealkylation sites (tertiary alicyclic amines) is 1. The number of hydrogen-bond acceptors (Lipinski definition) is 5. The molecule has 7 nitrogen and oxygen atoms in total. The van der Waals surface area contributed by atoms with Gasteiger partial charge in [-0.3, -0.25) is 9.59 Å². The predicted octanol–water partition coefficient (Wildman–Crippen LogP) is 4.90. The van der Waals surface area contributed by atoms with Crippen LogP contribution in [0.4, 0.5) is 8.78 Å². The van der Waals surface area contributed by atoms with Gasteiger partial charge in [0.1, 0.15) is 23.1 Å². The van der Waals surface area contributed by atoms with E-state index in [2.05, 4.69) is 11.4 Å². The van der Waals surface area contributed by atoms with Gasteiger partial charge in [0.2, 0.25) is 5.91 Å². The summed E-state index contributed by atoms with van der Waals surface area (Å²) in [5, 5.41) is 32.3. The van der Waals surface area contributed by atoms with Crippen molar-refractivity contribution in [2.45, 2.75) is 49.8 Å². The number of hydrogen-bond donors (Lipinski definition) is 3. The van der Waals surface area contributed by atoms with Crippen molar-refractivity contribution in [2.24, 2.45) is 0 Å². The molecule has 1 unspecified atom stereocenters. The number of aliphatic hydroxyl groups excluding tert-OH is 2. The number of benzene rings is 3. The Morgan fingerprint density at radius 1 is 1.14 bits per heavy atom. The quantitative estimate of drug-likeness (QED) is 0.334. The van der Waals surface area contributed by atoms with Crippen molar-refractivity contribution in [3.8, 4) is 6.07 Å². The number of carbonyl (C=O) groups excluding carboxylic acids is 2. The Morgan fingerprint density at radius 2 is 1.86 bits per heavy atom. The zero-order valence-electron chi connectivity index (χ0n) is 22.8. The molecule has 1 aliphatic rings. The maximum Gasteiger partial charge on any atom is 0.254 e. The van der Waals surface area contributed by atoms with E-state index in [1.54, 1.807) is 31.2 Å². The van der Waals surface area contributed by atoms with Gasteiger partial charge in [-0.15, -0.1) is 0 Å². The van der Waals surface area contributed by atoms with Crippen LogP contribution in [0, 0.1) is 29.9 Å². The summed E-state index contributed by atoms with van der Waals surface area (Å²) in [6, 6.07) is 13.9. The van der Waals surface area contributed by atoms with Crippen molar-refractivity contribution in [3.63, 3.8) is 0 Å². The molecule has 1 fully saturated rings. The number of nitrogens with zero attached hydrogens (tertiary/aromatic N) is 2. The monoisotopic (exact) mass is 615 g/mol. The Morgan fingerprint density at radius 3 is 2.50 bits per heavy atom. The van der Waals surface area contributed by atoms with Crippen LogP contribution in [0.3, 0.4) is 0 Å². The molecular weight excluding hydrogens is 587 g/mol. The summed E-state index contributed by atoms with van der Waals surface area (Å²) in [6.45, 7) is 2.67. The Balaban J connectivity index is 2.01. The van der Waals surface area contributed by atoms with E-state index in [1.807, 2.05) is 0 Å². The highest BCUT2D eigenvalue weighted by atomic mass is 35.5. The standard InChI is InChI=1S/C31H29Cl2F2N3O4/c1-17-5-3-6-19(13-17)30(42)38-18(2)31(16-36,23-10-9-20(32)14-25(23)34)26(22-7-4-8-24(33)27(22)35)28(38)29(41)37-12-11-21(40)15-39/h3-10,13-14,18,21,26,28,39-40H,11-12,15H2,1-2H3,(H,37,41)/t18-,21?,26-,28+,31+/m0/s1. The third-order valence-corrected chi connectivity index (χ3v) is 8.34. The van der Waals surface area contributed by atoms with E-state index >= 15 is 8.78 Å². The third-order valence-electron chi connectivity index (χ3n) is 7.82. The largest absolute Gasteiger partial charge is 0.394 e. The van der Waals surface area contributed by atoms with E-state index in [-0.39, 0.29) is 39.7 Å². The third kappa shape index (κ3) is 5.60. The SMILES string of the molecule is Cc1cccc(C(=O)N2[C@@H](C)[C@](C#N)(c3ccc(Cl)cc3F)[C@@H](c3cccc(Cl)c3F)[C@@H]2C(=O)NCCC(O)CO)c1. The Hall–Kier alpha value is -3.55. The molecule has 1 saturated heterocycles. The first-order chi connectivity index (χ1) is 20.0. The smallest absolute Gasteiger partial charge is 0.254 e. The van der Waals surface area contributed by atoms with E-state index < -0.39 is 59.6 Å². The Labute approximate surface area is 252 Å². The summed E-state index contributed by atoms with van der Waals surface area (Å²) in [4.78, 5) is 29.4. The second-order valence-corrected chi connectivity index (χ2v) is 11.2. The molecule has 2 amide bonds. The second kappa shape index (κ2) is 12.8. The van der Waals surface area contributed by atoms with Gasteiger partial charge in [-0.25, -0.2) is 8.78 Å². The number of nitriles is 1. The molecule has 11 heteroatoms. The van der Waals surface area contributed by atoms with Gasteiger partial charge in [0.15, 0.2) is 0 Å². The Bertz CT molecular complexity index is 1550. The molecule has 42 heavy (non-hydrogen) atoms. The molecule has 0 aliphatic carbocycles. The summed E-state index contributed by atoms with van der Waals surface area (Å²) in [6.07, 6.45) is -1.12. The number of nitrogens with one attached hydrogen (secondary N) is 1. The van der Waals surface area contributed by atoms with Crippen LogP contribution >= 0.6 is 23.2 Å². The highest BCUT2D eigenvalue weighted by Gasteiger charge is 2.64. The average molecular weight is 616 g/mol. The maximum absolute atomic E-state index is 15.8. The minimum absolute atomic E-state index is 0.0122. The number of carbonyl (C=O) groups is 2. The van der Waals surface area contributed by atoms with E-state index in [1.165, 1.54) is 42.2 Å². The summed E-state index contributed by atoms with van der Waals surface area (Å²) < 4.78 is 31.6. The Kier molecular flexibility index (Phi) is 9.53. The predicted molar refractivity (Wildman–Crippen MR) is 154 cm³/mol. The van der Waals surface area contributed by atoms with Gasteiger partial charge < -0.3 is 20.4 Å². The van der Waals surface area contributed by atoms with Crippen LogP contribution in [0.5, 0.6) is 0 Å². The molecule has 3 N–H and O–H groups in total. The summed E-state index contributed by atoms with van der Waals surface area (Å²) in [5.74, 6) is -4.59. The number of halogens is 4. The van der Waals surface area contributed by atoms with Crippen LogP contribution in [0.15, 0.2) is 60.7 Å². The van der Waals surface area contributed by atoms with Gasteiger partial charge in [-0.1, -0.05) is 59.1 Å². The fourth-order valence-electron chi connectivity index (χ4n) is 5.81. The number of rotatable bonds is 8. The fourth-order valence-corrected chi connectivity index (χ4v) is 6.15. The minimum atomic E-state index is -1.98. The lowest BCUT2D eigenvalue weighted by Crippen LogP contribution is -2.50. The van der Waals surface area contributed by atoms with Crippen molar-refractivity contribution in [1.29, 1.82) is 5.26 Å². The van der Waals surface area contributed by atoms with Crippen molar-refractivity contribution in [1.82, 2.24) is 10.2 Å². The summed E-state index contributed by atoms with van der Waals surface area (Å²) >= 11 is 12.2.